The molecular weight excluding hydrogens is 328 g/mol. The second-order valence-corrected chi connectivity index (χ2v) is 6.48. The Morgan fingerprint density at radius 2 is 2.23 bits per heavy atom. The maximum Gasteiger partial charge on any atom is 0.255 e. The molecule has 2 aromatic heterocycles. The van der Waals surface area contributed by atoms with E-state index in [4.69, 9.17) is 0 Å². The average molecular weight is 354 g/mol. The Bertz CT molecular complexity index is 782. The molecule has 0 bridgehead atoms. The van der Waals surface area contributed by atoms with Crippen LogP contribution in [0.25, 0.3) is 0 Å². The van der Waals surface area contributed by atoms with E-state index in [1.54, 1.807) is 23.0 Å². The molecule has 0 unspecified atom stereocenters. The van der Waals surface area contributed by atoms with Crippen molar-refractivity contribution in [3.63, 3.8) is 0 Å². The number of pyridine rings is 1. The van der Waals surface area contributed by atoms with Crippen LogP contribution in [0.5, 0.6) is 0 Å². The summed E-state index contributed by atoms with van der Waals surface area (Å²) >= 11 is 0. The number of carbonyl (C=O) groups is 1. The molecule has 0 spiro atoms. The van der Waals surface area contributed by atoms with Gasteiger partial charge in [0.1, 0.15) is 5.82 Å². The third-order valence-electron chi connectivity index (χ3n) is 4.47. The first-order valence-electron chi connectivity index (χ1n) is 8.97. The topological polar surface area (TPSA) is 75.1 Å². The second-order valence-electron chi connectivity index (χ2n) is 6.48. The van der Waals surface area contributed by atoms with Crippen molar-refractivity contribution in [2.75, 3.05) is 31.5 Å². The minimum Gasteiger partial charge on any atom is -0.368 e. The van der Waals surface area contributed by atoms with Gasteiger partial charge in [-0.1, -0.05) is 12.2 Å². The van der Waals surface area contributed by atoms with Crippen LogP contribution >= 0.6 is 0 Å². The molecule has 0 aliphatic carbocycles. The number of aromatic nitrogens is 3. The van der Waals surface area contributed by atoms with Gasteiger partial charge in [0.15, 0.2) is 0 Å². The molecule has 0 atom stereocenters. The summed E-state index contributed by atoms with van der Waals surface area (Å²) in [6, 6.07) is 3.58. The zero-order chi connectivity index (χ0) is 18.4. The number of rotatable bonds is 7. The van der Waals surface area contributed by atoms with Crippen molar-refractivity contribution in [2.45, 2.75) is 19.9 Å². The summed E-state index contributed by atoms with van der Waals surface area (Å²) < 4.78 is 1.75. The minimum absolute atomic E-state index is 0.134. The molecular formula is C19H26N6O. The highest BCUT2D eigenvalue weighted by Gasteiger charge is 2.13. The van der Waals surface area contributed by atoms with E-state index in [1.165, 1.54) is 0 Å². The SMILES string of the molecule is Cc1nn(C)cc1CNC(=O)c1cccnc1NCCN1CC=CCC1. The van der Waals surface area contributed by atoms with Gasteiger partial charge in [0, 0.05) is 57.7 Å². The van der Waals surface area contributed by atoms with Crippen molar-refractivity contribution in [2.24, 2.45) is 7.05 Å². The number of anilines is 1. The van der Waals surface area contributed by atoms with Crippen LogP contribution in [0.4, 0.5) is 5.82 Å². The molecule has 1 aliphatic heterocycles. The lowest BCUT2D eigenvalue weighted by molar-refractivity contribution is 0.0951. The maximum atomic E-state index is 12.6. The van der Waals surface area contributed by atoms with Crippen LogP contribution < -0.4 is 10.6 Å². The van der Waals surface area contributed by atoms with Gasteiger partial charge in [-0.25, -0.2) is 4.98 Å². The van der Waals surface area contributed by atoms with E-state index in [2.05, 4.69) is 37.8 Å². The average Bonchev–Trinajstić information content (AvgIpc) is 2.98. The van der Waals surface area contributed by atoms with Crippen molar-refractivity contribution in [1.29, 1.82) is 0 Å². The van der Waals surface area contributed by atoms with Crippen LogP contribution in [0.15, 0.2) is 36.7 Å². The quantitative estimate of drug-likeness (QED) is 0.741. The van der Waals surface area contributed by atoms with Crippen LogP contribution in [0.3, 0.4) is 0 Å². The monoisotopic (exact) mass is 354 g/mol. The number of hydrogen-bond donors (Lipinski definition) is 2. The molecule has 26 heavy (non-hydrogen) atoms. The Hall–Kier alpha value is -2.67. The van der Waals surface area contributed by atoms with E-state index in [0.29, 0.717) is 17.9 Å². The number of carbonyl (C=O) groups excluding carboxylic acids is 1. The van der Waals surface area contributed by atoms with E-state index in [1.807, 2.05) is 20.2 Å². The van der Waals surface area contributed by atoms with Crippen LogP contribution in [0.2, 0.25) is 0 Å². The molecule has 1 amide bonds. The third-order valence-corrected chi connectivity index (χ3v) is 4.47. The van der Waals surface area contributed by atoms with E-state index in [9.17, 15) is 4.79 Å². The Morgan fingerprint density at radius 1 is 1.35 bits per heavy atom. The van der Waals surface area contributed by atoms with Crippen LogP contribution in [0, 0.1) is 6.92 Å². The standard InChI is InChI=1S/C19H26N6O/c1-15-16(14-24(2)23-15)13-22-19(26)17-7-6-8-20-18(17)21-9-12-25-10-4-3-5-11-25/h3-4,6-8,14H,5,9-13H2,1-2H3,(H,20,21)(H,22,26). The van der Waals surface area contributed by atoms with Gasteiger partial charge in [-0.3, -0.25) is 14.4 Å². The third kappa shape index (κ3) is 4.70. The van der Waals surface area contributed by atoms with Crippen LogP contribution in [-0.2, 0) is 13.6 Å². The highest BCUT2D eigenvalue weighted by Crippen LogP contribution is 2.12. The van der Waals surface area contributed by atoms with Crippen molar-refractivity contribution in [1.82, 2.24) is 25.0 Å². The molecule has 0 fully saturated rings. The van der Waals surface area contributed by atoms with Gasteiger partial charge in [-0.05, 0) is 25.5 Å². The Morgan fingerprint density at radius 3 is 2.96 bits per heavy atom. The molecule has 1 aliphatic rings. The van der Waals surface area contributed by atoms with Crippen LogP contribution in [0.1, 0.15) is 28.0 Å². The molecule has 2 N–H and O–H groups in total. The number of aryl methyl sites for hydroxylation is 2. The molecule has 0 saturated carbocycles. The number of amides is 1. The number of nitrogens with one attached hydrogen (secondary N) is 2. The highest BCUT2D eigenvalue weighted by atomic mass is 16.1. The lowest BCUT2D eigenvalue weighted by atomic mass is 10.2. The van der Waals surface area contributed by atoms with Gasteiger partial charge in [0.2, 0.25) is 0 Å². The van der Waals surface area contributed by atoms with E-state index in [0.717, 1.165) is 43.9 Å². The van der Waals surface area contributed by atoms with E-state index < -0.39 is 0 Å². The fourth-order valence-electron chi connectivity index (χ4n) is 3.05. The first-order valence-corrected chi connectivity index (χ1v) is 8.97. The molecule has 7 heteroatoms. The largest absolute Gasteiger partial charge is 0.368 e. The Balaban J connectivity index is 1.56. The molecule has 0 saturated heterocycles. The van der Waals surface area contributed by atoms with Gasteiger partial charge < -0.3 is 10.6 Å². The summed E-state index contributed by atoms with van der Waals surface area (Å²) in [5.41, 5.74) is 2.50. The molecule has 0 aromatic carbocycles. The van der Waals surface area contributed by atoms with Crippen molar-refractivity contribution in [3.05, 3.63) is 53.5 Å². The summed E-state index contributed by atoms with van der Waals surface area (Å²) in [6.45, 7) is 6.14. The Labute approximate surface area is 154 Å². The van der Waals surface area contributed by atoms with E-state index in [-0.39, 0.29) is 5.91 Å². The number of nitrogens with zero attached hydrogens (tertiary/aromatic N) is 4. The summed E-state index contributed by atoms with van der Waals surface area (Å²) in [5, 5.41) is 10.6. The lowest BCUT2D eigenvalue weighted by Gasteiger charge is -2.23. The van der Waals surface area contributed by atoms with Gasteiger partial charge in [-0.2, -0.15) is 5.10 Å². The molecule has 0 radical (unpaired) electrons. The normalized spacial score (nSPS) is 14.4. The molecule has 2 aromatic rings. The van der Waals surface area contributed by atoms with Crippen molar-refractivity contribution in [3.8, 4) is 0 Å². The predicted molar refractivity (Wildman–Crippen MR) is 102 cm³/mol. The summed E-state index contributed by atoms with van der Waals surface area (Å²) in [5.74, 6) is 0.491. The first kappa shape index (κ1) is 18.1. The molecule has 138 valence electrons. The minimum atomic E-state index is -0.134. The van der Waals surface area contributed by atoms with Gasteiger partial charge in [0.05, 0.1) is 11.3 Å². The fraction of sp³-hybridized carbons (Fsp3) is 0.421. The smallest absolute Gasteiger partial charge is 0.255 e. The highest BCUT2D eigenvalue weighted by molar-refractivity contribution is 5.98. The zero-order valence-electron chi connectivity index (χ0n) is 15.4. The van der Waals surface area contributed by atoms with Gasteiger partial charge in [0.25, 0.3) is 5.91 Å². The molecule has 3 heterocycles. The van der Waals surface area contributed by atoms with Crippen LogP contribution in [-0.4, -0.2) is 51.8 Å². The fourth-order valence-corrected chi connectivity index (χ4v) is 3.05. The van der Waals surface area contributed by atoms with Gasteiger partial charge >= 0.3 is 0 Å². The van der Waals surface area contributed by atoms with Crippen molar-refractivity contribution >= 4 is 11.7 Å². The molecule has 3 rings (SSSR count). The Kier molecular flexibility index (Phi) is 6.01. The van der Waals surface area contributed by atoms with Crippen molar-refractivity contribution < 1.29 is 4.79 Å². The lowest BCUT2D eigenvalue weighted by Crippen LogP contribution is -2.32. The number of hydrogen-bond acceptors (Lipinski definition) is 5. The summed E-state index contributed by atoms with van der Waals surface area (Å²) in [4.78, 5) is 19.3. The van der Waals surface area contributed by atoms with E-state index >= 15 is 0 Å². The molecule has 7 nitrogen and oxygen atoms in total. The predicted octanol–water partition coefficient (Wildman–Crippen LogP) is 1.73. The maximum absolute atomic E-state index is 12.6. The zero-order valence-corrected chi connectivity index (χ0v) is 15.4. The summed E-state index contributed by atoms with van der Waals surface area (Å²) in [6.07, 6.45) is 9.14. The summed E-state index contributed by atoms with van der Waals surface area (Å²) in [7, 11) is 1.87. The second kappa shape index (κ2) is 8.62. The first-order chi connectivity index (χ1) is 12.6. The van der Waals surface area contributed by atoms with Gasteiger partial charge in [-0.15, -0.1) is 0 Å².